The molecular formula is C23H34O5. The molecule has 156 valence electrons. The molecule has 4 rings (SSSR count). The van der Waals surface area contributed by atoms with Gasteiger partial charge in [0.25, 0.3) is 0 Å². The largest absolute Gasteiger partial charge is 0.393 e. The van der Waals surface area contributed by atoms with Crippen molar-refractivity contribution in [2.24, 2.45) is 11.8 Å². The standard InChI is InChI=1S/C23H34O5/c24-17(10-9-16-6-2-1-3-7-16)11-12-18-19-14-22(25)27-21(19)15-20(18)28-23-8-4-5-13-26-23/h1-3,6-7,17-25H,4-5,8-15H2/t17-,18+,19+,20+,21-,22?,23?/m0/s1. The van der Waals surface area contributed by atoms with Gasteiger partial charge in [0.1, 0.15) is 0 Å². The van der Waals surface area contributed by atoms with E-state index >= 15 is 0 Å². The highest BCUT2D eigenvalue weighted by atomic mass is 16.7. The summed E-state index contributed by atoms with van der Waals surface area (Å²) in [5.41, 5.74) is 1.27. The summed E-state index contributed by atoms with van der Waals surface area (Å²) in [6, 6.07) is 10.3. The van der Waals surface area contributed by atoms with Crippen LogP contribution in [-0.4, -0.2) is 47.7 Å². The van der Waals surface area contributed by atoms with E-state index < -0.39 is 6.29 Å². The van der Waals surface area contributed by atoms with E-state index in [1.807, 2.05) is 18.2 Å². The van der Waals surface area contributed by atoms with E-state index in [9.17, 15) is 10.2 Å². The average molecular weight is 391 g/mol. The lowest BCUT2D eigenvalue weighted by molar-refractivity contribution is -0.200. The van der Waals surface area contributed by atoms with Crippen molar-refractivity contribution in [3.8, 4) is 0 Å². The molecule has 3 fully saturated rings. The molecule has 2 unspecified atom stereocenters. The predicted octanol–water partition coefficient (Wildman–Crippen LogP) is 3.42. The summed E-state index contributed by atoms with van der Waals surface area (Å²) in [6.07, 6.45) is 7.21. The average Bonchev–Trinajstić information content (AvgIpc) is 3.22. The number of hydrogen-bond donors (Lipinski definition) is 2. The molecule has 1 saturated carbocycles. The molecule has 2 N–H and O–H groups in total. The quantitative estimate of drug-likeness (QED) is 0.712. The monoisotopic (exact) mass is 390 g/mol. The van der Waals surface area contributed by atoms with E-state index in [1.165, 1.54) is 5.56 Å². The van der Waals surface area contributed by atoms with Gasteiger partial charge in [0.15, 0.2) is 12.6 Å². The van der Waals surface area contributed by atoms with Crippen LogP contribution < -0.4 is 0 Å². The minimum absolute atomic E-state index is 0.0788. The Kier molecular flexibility index (Phi) is 7.02. The van der Waals surface area contributed by atoms with Gasteiger partial charge in [-0.2, -0.15) is 0 Å². The van der Waals surface area contributed by atoms with Gasteiger partial charge in [-0.1, -0.05) is 30.3 Å². The number of ether oxygens (including phenoxy) is 3. The van der Waals surface area contributed by atoms with E-state index in [0.717, 1.165) is 58.0 Å². The molecule has 1 aromatic carbocycles. The Balaban J connectivity index is 1.29. The third kappa shape index (κ3) is 5.14. The lowest BCUT2D eigenvalue weighted by Crippen LogP contribution is -2.32. The Bertz CT molecular complexity index is 588. The van der Waals surface area contributed by atoms with Crippen molar-refractivity contribution in [3.05, 3.63) is 35.9 Å². The van der Waals surface area contributed by atoms with Crippen LogP contribution in [0.1, 0.15) is 56.9 Å². The van der Waals surface area contributed by atoms with Gasteiger partial charge < -0.3 is 24.4 Å². The minimum atomic E-state index is -0.646. The van der Waals surface area contributed by atoms with E-state index in [0.29, 0.717) is 18.3 Å². The third-order valence-electron chi connectivity index (χ3n) is 6.68. The lowest BCUT2D eigenvalue weighted by atomic mass is 9.86. The Morgan fingerprint density at radius 1 is 1.11 bits per heavy atom. The highest BCUT2D eigenvalue weighted by Crippen LogP contribution is 2.46. The maximum atomic E-state index is 10.5. The van der Waals surface area contributed by atoms with Crippen LogP contribution in [-0.2, 0) is 20.6 Å². The van der Waals surface area contributed by atoms with Gasteiger partial charge in [0.05, 0.1) is 18.3 Å². The molecule has 5 heteroatoms. The second-order valence-electron chi connectivity index (χ2n) is 8.65. The summed E-state index contributed by atoms with van der Waals surface area (Å²) in [7, 11) is 0. The van der Waals surface area contributed by atoms with Crippen molar-refractivity contribution in [2.45, 2.75) is 88.7 Å². The number of benzene rings is 1. The summed E-state index contributed by atoms with van der Waals surface area (Å²) in [6.45, 7) is 0.780. The first kappa shape index (κ1) is 20.3. The van der Waals surface area contributed by atoms with Gasteiger partial charge in [-0.25, -0.2) is 0 Å². The SMILES string of the molecule is OC1C[C@@H]2[C@@H](CC[C@@H](O)CCc3ccccc3)[C@H](OC3CCCCO3)C[C@@H]2O1. The molecule has 0 aromatic heterocycles. The number of fused-ring (bicyclic) bond motifs is 1. The van der Waals surface area contributed by atoms with Gasteiger partial charge in [0, 0.05) is 19.4 Å². The first-order valence-electron chi connectivity index (χ1n) is 11.0. The fourth-order valence-electron chi connectivity index (χ4n) is 5.18. The van der Waals surface area contributed by atoms with Crippen LogP contribution >= 0.6 is 0 Å². The molecule has 1 aromatic rings. The molecule has 2 heterocycles. The second-order valence-corrected chi connectivity index (χ2v) is 8.65. The van der Waals surface area contributed by atoms with E-state index in [1.54, 1.807) is 0 Å². The third-order valence-corrected chi connectivity index (χ3v) is 6.68. The molecule has 0 spiro atoms. The number of hydrogen-bond acceptors (Lipinski definition) is 5. The summed E-state index contributed by atoms with van der Waals surface area (Å²) in [5, 5.41) is 20.4. The minimum Gasteiger partial charge on any atom is -0.393 e. The molecule has 2 aliphatic heterocycles. The Hall–Kier alpha value is -0.980. The Morgan fingerprint density at radius 2 is 1.96 bits per heavy atom. The molecule has 2 saturated heterocycles. The molecule has 0 bridgehead atoms. The van der Waals surface area contributed by atoms with Crippen LogP contribution in [0.2, 0.25) is 0 Å². The Morgan fingerprint density at radius 3 is 2.75 bits per heavy atom. The molecule has 5 nitrogen and oxygen atoms in total. The maximum absolute atomic E-state index is 10.5. The van der Waals surface area contributed by atoms with Crippen LogP contribution in [0.4, 0.5) is 0 Å². The molecule has 0 radical (unpaired) electrons. The van der Waals surface area contributed by atoms with Crippen molar-refractivity contribution in [3.63, 3.8) is 0 Å². The van der Waals surface area contributed by atoms with Crippen LogP contribution in [0.3, 0.4) is 0 Å². The van der Waals surface area contributed by atoms with Gasteiger partial charge >= 0.3 is 0 Å². The van der Waals surface area contributed by atoms with Gasteiger partial charge in [0.2, 0.25) is 0 Å². The van der Waals surface area contributed by atoms with Crippen molar-refractivity contribution >= 4 is 0 Å². The van der Waals surface area contributed by atoms with E-state index in [4.69, 9.17) is 14.2 Å². The predicted molar refractivity (Wildman–Crippen MR) is 106 cm³/mol. The second kappa shape index (κ2) is 9.68. The van der Waals surface area contributed by atoms with E-state index in [-0.39, 0.29) is 24.6 Å². The molecule has 7 atom stereocenters. The number of aryl methyl sites for hydroxylation is 1. The topological polar surface area (TPSA) is 68.2 Å². The zero-order valence-corrected chi connectivity index (χ0v) is 16.6. The van der Waals surface area contributed by atoms with Crippen molar-refractivity contribution in [1.29, 1.82) is 0 Å². The molecule has 1 aliphatic carbocycles. The van der Waals surface area contributed by atoms with Gasteiger partial charge in [-0.3, -0.25) is 0 Å². The van der Waals surface area contributed by atoms with Crippen molar-refractivity contribution < 1.29 is 24.4 Å². The summed E-state index contributed by atoms with van der Waals surface area (Å²) < 4.78 is 17.8. The van der Waals surface area contributed by atoms with Gasteiger partial charge in [-0.15, -0.1) is 0 Å². The normalized spacial score (nSPS) is 36.4. The smallest absolute Gasteiger partial charge is 0.157 e. The van der Waals surface area contributed by atoms with Crippen LogP contribution in [0.5, 0.6) is 0 Å². The first-order chi connectivity index (χ1) is 13.7. The van der Waals surface area contributed by atoms with E-state index in [2.05, 4.69) is 12.1 Å². The summed E-state index contributed by atoms with van der Waals surface area (Å²) in [5.74, 6) is 0.643. The fraction of sp³-hybridized carbons (Fsp3) is 0.739. The fourth-order valence-corrected chi connectivity index (χ4v) is 5.18. The molecule has 28 heavy (non-hydrogen) atoms. The highest BCUT2D eigenvalue weighted by Gasteiger charge is 2.50. The van der Waals surface area contributed by atoms with Crippen molar-refractivity contribution in [1.82, 2.24) is 0 Å². The zero-order valence-electron chi connectivity index (χ0n) is 16.6. The number of aliphatic hydroxyl groups excluding tert-OH is 2. The first-order valence-corrected chi connectivity index (χ1v) is 11.0. The zero-order chi connectivity index (χ0) is 19.3. The Labute approximate surface area is 168 Å². The van der Waals surface area contributed by atoms with Gasteiger partial charge in [-0.05, 0) is 62.3 Å². The molecular weight excluding hydrogens is 356 g/mol. The summed E-state index contributed by atoms with van der Waals surface area (Å²) >= 11 is 0. The maximum Gasteiger partial charge on any atom is 0.157 e. The van der Waals surface area contributed by atoms with Crippen LogP contribution in [0, 0.1) is 11.8 Å². The van der Waals surface area contributed by atoms with Crippen molar-refractivity contribution in [2.75, 3.05) is 6.61 Å². The summed E-state index contributed by atoms with van der Waals surface area (Å²) in [4.78, 5) is 0. The van der Waals surface area contributed by atoms with Crippen LogP contribution in [0.25, 0.3) is 0 Å². The molecule has 3 aliphatic rings. The lowest BCUT2D eigenvalue weighted by Gasteiger charge is -2.30. The van der Waals surface area contributed by atoms with Crippen LogP contribution in [0.15, 0.2) is 30.3 Å². The molecule has 0 amide bonds. The number of aliphatic hydroxyl groups is 2. The number of rotatable bonds is 8. The highest BCUT2D eigenvalue weighted by molar-refractivity contribution is 5.14.